The van der Waals surface area contributed by atoms with Crippen LogP contribution in [0, 0.1) is 47.3 Å². The van der Waals surface area contributed by atoms with Gasteiger partial charge in [0.2, 0.25) is 0 Å². The Kier molecular flexibility index (Phi) is 7.90. The number of aliphatic hydroxyl groups is 4. The van der Waals surface area contributed by atoms with Gasteiger partial charge in [-0.15, -0.1) is 0 Å². The highest BCUT2D eigenvalue weighted by molar-refractivity contribution is 6.22. The first kappa shape index (κ1) is 28.6. The lowest BCUT2D eigenvalue weighted by atomic mass is 9.47. The van der Waals surface area contributed by atoms with E-state index in [0.29, 0.717) is 25.3 Å². The van der Waals surface area contributed by atoms with Gasteiger partial charge in [-0.2, -0.15) is 0 Å². The monoisotopic (exact) mass is 541 g/mol. The molecule has 39 heavy (non-hydrogen) atoms. The van der Waals surface area contributed by atoms with Crippen molar-refractivity contribution in [1.29, 1.82) is 0 Å². The van der Waals surface area contributed by atoms with E-state index in [0.717, 1.165) is 19.8 Å². The maximum absolute atomic E-state index is 13.3. The molecular formula is C31H43NO7. The van der Waals surface area contributed by atoms with Crippen molar-refractivity contribution in [3.05, 3.63) is 35.9 Å². The molecule has 4 aliphatic carbocycles. The van der Waals surface area contributed by atoms with Crippen LogP contribution in [0.4, 0.5) is 0 Å². The summed E-state index contributed by atoms with van der Waals surface area (Å²) in [6, 6.07) is 9.87. The molecule has 1 aromatic rings. The second-order valence-corrected chi connectivity index (χ2v) is 13.0. The van der Waals surface area contributed by atoms with E-state index in [9.17, 15) is 34.8 Å². The Hall–Kier alpha value is -1.97. The molecule has 1 aromatic carbocycles. The summed E-state index contributed by atoms with van der Waals surface area (Å²) in [5.74, 6) is -5.44. The fourth-order valence-electron chi connectivity index (χ4n) is 8.77. The Morgan fingerprint density at radius 1 is 1.03 bits per heavy atom. The number of ketones is 3. The van der Waals surface area contributed by atoms with Crippen molar-refractivity contribution >= 4 is 17.3 Å². The highest BCUT2D eigenvalue weighted by Gasteiger charge is 2.67. The van der Waals surface area contributed by atoms with Gasteiger partial charge in [0.15, 0.2) is 17.2 Å². The van der Waals surface area contributed by atoms with Gasteiger partial charge in [-0.25, -0.2) is 0 Å². The molecule has 0 aromatic heterocycles. The average Bonchev–Trinajstić information content (AvgIpc) is 2.87. The van der Waals surface area contributed by atoms with E-state index >= 15 is 0 Å². The highest BCUT2D eigenvalue weighted by Crippen LogP contribution is 2.57. The Morgan fingerprint density at radius 2 is 1.72 bits per heavy atom. The van der Waals surface area contributed by atoms with Crippen molar-refractivity contribution in [3.63, 3.8) is 0 Å². The summed E-state index contributed by atoms with van der Waals surface area (Å²) < 4.78 is 0. The van der Waals surface area contributed by atoms with Crippen LogP contribution in [0.2, 0.25) is 0 Å². The first-order chi connectivity index (χ1) is 18.5. The van der Waals surface area contributed by atoms with Crippen LogP contribution in [0.25, 0.3) is 0 Å². The maximum atomic E-state index is 13.3. The first-order valence-corrected chi connectivity index (χ1v) is 14.6. The molecule has 0 amide bonds. The fourth-order valence-corrected chi connectivity index (χ4v) is 8.77. The van der Waals surface area contributed by atoms with Gasteiger partial charge in [-0.3, -0.25) is 14.4 Å². The topological polar surface area (TPSA) is 144 Å². The standard InChI is InChI=1S/C31H43NO7/c1-15(2)20-14-22(32-10-9-17-7-5-4-6-8-17)27(35)26-21(20)12-18-11-19-13-23(34)24(16(3)33)29(37)31(19,39)30(38)25(18)28(26)36/h4-8,15,18-22,24-28,30,32,35-36,38-39H,9-14H2,1-3H3/t18-,19+,20?,21?,22?,24?,25?,26?,27?,28?,30?,31-/m1/s1. The van der Waals surface area contributed by atoms with Crippen molar-refractivity contribution in [1.82, 2.24) is 5.32 Å². The molecule has 0 spiro atoms. The lowest BCUT2D eigenvalue weighted by Gasteiger charge is -2.60. The first-order valence-electron chi connectivity index (χ1n) is 14.6. The Morgan fingerprint density at radius 3 is 2.36 bits per heavy atom. The quantitative estimate of drug-likeness (QED) is 0.339. The summed E-state index contributed by atoms with van der Waals surface area (Å²) >= 11 is 0. The van der Waals surface area contributed by atoms with Crippen molar-refractivity contribution in [3.8, 4) is 0 Å². The lowest BCUT2D eigenvalue weighted by Crippen LogP contribution is -2.72. The molecule has 0 aliphatic heterocycles. The molecule has 5 rings (SSSR count). The van der Waals surface area contributed by atoms with Gasteiger partial charge < -0.3 is 25.7 Å². The predicted octanol–water partition coefficient (Wildman–Crippen LogP) is 1.31. The van der Waals surface area contributed by atoms with Gasteiger partial charge in [0.05, 0.1) is 18.3 Å². The zero-order valence-electron chi connectivity index (χ0n) is 23.1. The smallest absolute Gasteiger partial charge is 0.185 e. The number of hydrogen-bond acceptors (Lipinski definition) is 8. The van der Waals surface area contributed by atoms with E-state index in [1.165, 1.54) is 5.56 Å². The summed E-state index contributed by atoms with van der Waals surface area (Å²) in [5, 5.41) is 50.0. The maximum Gasteiger partial charge on any atom is 0.185 e. The number of carbonyl (C=O) groups is 3. The summed E-state index contributed by atoms with van der Waals surface area (Å²) in [5.41, 5.74) is -1.06. The number of nitrogens with one attached hydrogen (secondary N) is 1. The minimum Gasteiger partial charge on any atom is -0.392 e. The van der Waals surface area contributed by atoms with E-state index in [1.807, 2.05) is 18.2 Å². The van der Waals surface area contributed by atoms with Crippen LogP contribution in [-0.2, 0) is 20.8 Å². The van der Waals surface area contributed by atoms with Gasteiger partial charge in [0.1, 0.15) is 11.7 Å². The molecule has 9 unspecified atom stereocenters. The molecule has 4 saturated carbocycles. The van der Waals surface area contributed by atoms with Crippen LogP contribution >= 0.6 is 0 Å². The molecule has 12 atom stereocenters. The molecule has 0 bridgehead atoms. The van der Waals surface area contributed by atoms with E-state index in [1.54, 1.807) is 0 Å². The van der Waals surface area contributed by atoms with Crippen LogP contribution in [-0.4, -0.2) is 74.3 Å². The van der Waals surface area contributed by atoms with Crippen molar-refractivity contribution < 1.29 is 34.8 Å². The SMILES string of the molecule is CC(=O)C1C(=O)C[C@@H]2C[C@@H]3CC4C(C(C)C)CC(NCCc5ccccc5)C(O)C4C(O)C3C(O)[C@]2(O)C1=O. The molecule has 214 valence electrons. The van der Waals surface area contributed by atoms with E-state index < -0.39 is 64.9 Å². The van der Waals surface area contributed by atoms with Gasteiger partial charge >= 0.3 is 0 Å². The largest absolute Gasteiger partial charge is 0.392 e. The average molecular weight is 542 g/mol. The molecule has 0 heterocycles. The molecular weight excluding hydrogens is 498 g/mol. The normalized spacial score (nSPS) is 43.9. The second-order valence-electron chi connectivity index (χ2n) is 13.0. The Bertz CT molecular complexity index is 1090. The minimum atomic E-state index is -2.26. The Balaban J connectivity index is 1.39. The van der Waals surface area contributed by atoms with Crippen molar-refractivity contribution in [2.24, 2.45) is 47.3 Å². The summed E-state index contributed by atoms with van der Waals surface area (Å²) in [6.07, 6.45) is -1.20. The number of Topliss-reactive ketones (excluding diaryl/α,β-unsaturated/α-hetero) is 3. The van der Waals surface area contributed by atoms with Gasteiger partial charge in [-0.05, 0) is 68.4 Å². The highest BCUT2D eigenvalue weighted by atomic mass is 16.4. The molecule has 5 N–H and O–H groups in total. The molecule has 4 aliphatic rings. The minimum absolute atomic E-state index is 0.0155. The van der Waals surface area contributed by atoms with Gasteiger partial charge in [-0.1, -0.05) is 44.2 Å². The third-order valence-corrected chi connectivity index (χ3v) is 10.7. The zero-order valence-corrected chi connectivity index (χ0v) is 23.1. The molecule has 0 saturated heterocycles. The van der Waals surface area contributed by atoms with Crippen LogP contribution in [0.5, 0.6) is 0 Å². The third-order valence-electron chi connectivity index (χ3n) is 10.7. The molecule has 4 fully saturated rings. The van der Waals surface area contributed by atoms with Gasteiger partial charge in [0, 0.05) is 30.2 Å². The summed E-state index contributed by atoms with van der Waals surface area (Å²) in [7, 11) is 0. The van der Waals surface area contributed by atoms with Crippen LogP contribution in [0.15, 0.2) is 30.3 Å². The lowest BCUT2D eigenvalue weighted by molar-refractivity contribution is -0.237. The van der Waals surface area contributed by atoms with Crippen LogP contribution < -0.4 is 5.32 Å². The molecule has 8 heteroatoms. The number of rotatable bonds is 6. The van der Waals surface area contributed by atoms with Crippen molar-refractivity contribution in [2.75, 3.05) is 6.54 Å². The third kappa shape index (κ3) is 4.72. The van der Waals surface area contributed by atoms with E-state index in [4.69, 9.17) is 0 Å². The number of hydrogen-bond donors (Lipinski definition) is 5. The van der Waals surface area contributed by atoms with E-state index in [2.05, 4.69) is 31.3 Å². The summed E-state index contributed by atoms with van der Waals surface area (Å²) in [6.45, 7) is 6.15. The Labute approximate surface area is 230 Å². The van der Waals surface area contributed by atoms with Crippen molar-refractivity contribution in [2.45, 2.75) is 82.8 Å². The second kappa shape index (κ2) is 10.8. The summed E-state index contributed by atoms with van der Waals surface area (Å²) in [4.78, 5) is 38.1. The van der Waals surface area contributed by atoms with Crippen LogP contribution in [0.1, 0.15) is 52.0 Å². The number of aliphatic hydroxyl groups excluding tert-OH is 3. The van der Waals surface area contributed by atoms with Crippen LogP contribution in [0.3, 0.4) is 0 Å². The zero-order chi connectivity index (χ0) is 28.2. The number of fused-ring (bicyclic) bond motifs is 3. The molecule has 8 nitrogen and oxygen atoms in total. The predicted molar refractivity (Wildman–Crippen MR) is 143 cm³/mol. The fraction of sp³-hybridized carbons (Fsp3) is 0.710. The number of benzene rings is 1. The molecule has 0 radical (unpaired) electrons. The number of carbonyl (C=O) groups excluding carboxylic acids is 3. The van der Waals surface area contributed by atoms with E-state index in [-0.39, 0.29) is 30.2 Å². The van der Waals surface area contributed by atoms with Gasteiger partial charge in [0.25, 0.3) is 0 Å².